The molecule has 2 aromatic rings. The number of thiazole rings is 1. The van der Waals surface area contributed by atoms with Gasteiger partial charge in [-0.05, 0) is 48.8 Å². The standard InChI is InChI=1S/C15H15BrFNO2S/c1-4-20-14(19)15(2,3)12-8-21-13(18-12)9-5-6-10(16)11(17)7-9/h5-8H,4H2,1-3H3. The molecule has 112 valence electrons. The Morgan fingerprint density at radius 2 is 2.19 bits per heavy atom. The fraction of sp³-hybridized carbons (Fsp3) is 0.333. The van der Waals surface area contributed by atoms with Crippen molar-refractivity contribution in [3.05, 3.63) is 39.6 Å². The van der Waals surface area contributed by atoms with Crippen LogP contribution in [0.1, 0.15) is 26.5 Å². The van der Waals surface area contributed by atoms with Crippen LogP contribution >= 0.6 is 27.3 Å². The Balaban J connectivity index is 2.33. The number of halogens is 2. The van der Waals surface area contributed by atoms with Crippen molar-refractivity contribution in [1.29, 1.82) is 0 Å². The van der Waals surface area contributed by atoms with Crippen molar-refractivity contribution in [2.24, 2.45) is 0 Å². The Morgan fingerprint density at radius 1 is 1.48 bits per heavy atom. The molecule has 1 heterocycles. The fourth-order valence-corrected chi connectivity index (χ4v) is 2.97. The van der Waals surface area contributed by atoms with Gasteiger partial charge >= 0.3 is 5.97 Å². The summed E-state index contributed by atoms with van der Waals surface area (Å²) in [4.78, 5) is 16.4. The van der Waals surface area contributed by atoms with Crippen molar-refractivity contribution in [2.45, 2.75) is 26.2 Å². The molecule has 0 N–H and O–H groups in total. The van der Waals surface area contributed by atoms with E-state index in [0.717, 1.165) is 0 Å². The second-order valence-electron chi connectivity index (χ2n) is 5.01. The van der Waals surface area contributed by atoms with E-state index >= 15 is 0 Å². The normalized spacial score (nSPS) is 11.5. The predicted molar refractivity (Wildman–Crippen MR) is 84.9 cm³/mol. The quantitative estimate of drug-likeness (QED) is 0.739. The van der Waals surface area contributed by atoms with Gasteiger partial charge in [-0.1, -0.05) is 6.07 Å². The van der Waals surface area contributed by atoms with Gasteiger partial charge < -0.3 is 4.74 Å². The van der Waals surface area contributed by atoms with Gasteiger partial charge in [-0.2, -0.15) is 0 Å². The summed E-state index contributed by atoms with van der Waals surface area (Å²) in [6, 6.07) is 4.85. The lowest BCUT2D eigenvalue weighted by Crippen LogP contribution is -2.31. The molecule has 0 aliphatic carbocycles. The van der Waals surface area contributed by atoms with Gasteiger partial charge in [0.2, 0.25) is 0 Å². The first kappa shape index (κ1) is 16.1. The van der Waals surface area contributed by atoms with Crippen LogP contribution in [0.25, 0.3) is 10.6 Å². The fourth-order valence-electron chi connectivity index (χ4n) is 1.74. The maximum atomic E-state index is 13.6. The summed E-state index contributed by atoms with van der Waals surface area (Å²) in [6.07, 6.45) is 0. The Hall–Kier alpha value is -1.27. The number of rotatable bonds is 4. The number of nitrogens with zero attached hydrogens (tertiary/aromatic N) is 1. The van der Waals surface area contributed by atoms with Crippen molar-refractivity contribution < 1.29 is 13.9 Å². The number of aromatic nitrogens is 1. The van der Waals surface area contributed by atoms with Crippen LogP contribution in [0.3, 0.4) is 0 Å². The van der Waals surface area contributed by atoms with E-state index in [4.69, 9.17) is 4.74 Å². The molecule has 1 aromatic heterocycles. The molecule has 0 atom stereocenters. The minimum Gasteiger partial charge on any atom is -0.465 e. The third-order valence-corrected chi connectivity index (χ3v) is 4.63. The van der Waals surface area contributed by atoms with E-state index in [1.54, 1.807) is 32.9 Å². The summed E-state index contributed by atoms with van der Waals surface area (Å²) in [7, 11) is 0. The van der Waals surface area contributed by atoms with Gasteiger partial charge in [0.1, 0.15) is 16.2 Å². The SMILES string of the molecule is CCOC(=O)C(C)(C)c1csc(-c2ccc(Br)c(F)c2)n1. The van der Waals surface area contributed by atoms with E-state index in [2.05, 4.69) is 20.9 Å². The van der Waals surface area contributed by atoms with Gasteiger partial charge in [-0.25, -0.2) is 9.37 Å². The van der Waals surface area contributed by atoms with E-state index in [0.29, 0.717) is 27.3 Å². The molecule has 0 unspecified atom stereocenters. The first-order valence-corrected chi connectivity index (χ1v) is 8.12. The summed E-state index contributed by atoms with van der Waals surface area (Å²) >= 11 is 4.50. The van der Waals surface area contributed by atoms with E-state index in [1.165, 1.54) is 17.4 Å². The van der Waals surface area contributed by atoms with Crippen LogP contribution in [0.2, 0.25) is 0 Å². The molecule has 3 nitrogen and oxygen atoms in total. The summed E-state index contributed by atoms with van der Waals surface area (Å²) in [5.74, 6) is -0.655. The van der Waals surface area contributed by atoms with Gasteiger partial charge in [0.05, 0.1) is 16.8 Å². The van der Waals surface area contributed by atoms with Crippen molar-refractivity contribution >= 4 is 33.2 Å². The highest BCUT2D eigenvalue weighted by molar-refractivity contribution is 9.10. The summed E-state index contributed by atoms with van der Waals surface area (Å²) in [6.45, 7) is 5.64. The van der Waals surface area contributed by atoms with Crippen molar-refractivity contribution in [2.75, 3.05) is 6.61 Å². The van der Waals surface area contributed by atoms with Crippen LogP contribution in [0.15, 0.2) is 28.1 Å². The molecule has 21 heavy (non-hydrogen) atoms. The van der Waals surface area contributed by atoms with E-state index in [9.17, 15) is 9.18 Å². The number of benzene rings is 1. The lowest BCUT2D eigenvalue weighted by atomic mass is 9.90. The van der Waals surface area contributed by atoms with Crippen LogP contribution in [0.4, 0.5) is 4.39 Å². The molecule has 0 saturated carbocycles. The van der Waals surface area contributed by atoms with Gasteiger partial charge in [0.25, 0.3) is 0 Å². The molecule has 0 aliphatic rings. The number of ether oxygens (including phenoxy) is 1. The number of hydrogen-bond acceptors (Lipinski definition) is 4. The van der Waals surface area contributed by atoms with Crippen molar-refractivity contribution in [1.82, 2.24) is 4.98 Å². The predicted octanol–water partition coefficient (Wildman–Crippen LogP) is 4.55. The van der Waals surface area contributed by atoms with Gasteiger partial charge in [0, 0.05) is 10.9 Å². The highest BCUT2D eigenvalue weighted by Crippen LogP contribution is 2.32. The molecule has 0 amide bonds. The van der Waals surface area contributed by atoms with Crippen molar-refractivity contribution in [3.63, 3.8) is 0 Å². The molecule has 0 aliphatic heterocycles. The molecule has 1 aromatic carbocycles. The zero-order chi connectivity index (χ0) is 15.6. The average Bonchev–Trinajstić information content (AvgIpc) is 2.92. The smallest absolute Gasteiger partial charge is 0.317 e. The summed E-state index contributed by atoms with van der Waals surface area (Å²) in [5, 5.41) is 2.49. The van der Waals surface area contributed by atoms with Crippen LogP contribution < -0.4 is 0 Å². The monoisotopic (exact) mass is 371 g/mol. The molecular formula is C15H15BrFNO2S. The first-order chi connectivity index (χ1) is 9.86. The average molecular weight is 372 g/mol. The lowest BCUT2D eigenvalue weighted by molar-refractivity contribution is -0.148. The maximum Gasteiger partial charge on any atom is 0.317 e. The van der Waals surface area contributed by atoms with Crippen LogP contribution in [-0.2, 0) is 14.9 Å². The Kier molecular flexibility index (Phi) is 4.78. The topological polar surface area (TPSA) is 39.2 Å². The number of carbonyl (C=O) groups is 1. The molecule has 2 rings (SSSR count). The van der Waals surface area contributed by atoms with Crippen molar-refractivity contribution in [3.8, 4) is 10.6 Å². The third kappa shape index (κ3) is 3.32. The van der Waals surface area contributed by atoms with E-state index in [1.807, 2.05) is 5.38 Å². The third-order valence-electron chi connectivity index (χ3n) is 3.10. The minimum atomic E-state index is -0.821. The second-order valence-corrected chi connectivity index (χ2v) is 6.72. The highest BCUT2D eigenvalue weighted by Gasteiger charge is 2.34. The Bertz CT molecular complexity index is 669. The minimum absolute atomic E-state index is 0.316. The Morgan fingerprint density at radius 3 is 2.81 bits per heavy atom. The maximum absolute atomic E-state index is 13.6. The first-order valence-electron chi connectivity index (χ1n) is 6.45. The van der Waals surface area contributed by atoms with Crippen LogP contribution in [-0.4, -0.2) is 17.6 Å². The summed E-state index contributed by atoms with van der Waals surface area (Å²) < 4.78 is 19.1. The second kappa shape index (κ2) is 6.23. The molecule has 6 heteroatoms. The lowest BCUT2D eigenvalue weighted by Gasteiger charge is -2.19. The van der Waals surface area contributed by atoms with Gasteiger partial charge in [-0.15, -0.1) is 11.3 Å². The highest BCUT2D eigenvalue weighted by atomic mass is 79.9. The number of hydrogen-bond donors (Lipinski definition) is 0. The molecule has 0 saturated heterocycles. The summed E-state index contributed by atoms with van der Waals surface area (Å²) in [5.41, 5.74) is 0.495. The number of esters is 1. The molecule has 0 fully saturated rings. The van der Waals surface area contributed by atoms with Crippen LogP contribution in [0, 0.1) is 5.82 Å². The molecule has 0 bridgehead atoms. The van der Waals surface area contributed by atoms with Gasteiger partial charge in [0.15, 0.2) is 0 Å². The van der Waals surface area contributed by atoms with E-state index < -0.39 is 5.41 Å². The molecule has 0 spiro atoms. The number of carbonyl (C=O) groups excluding carboxylic acids is 1. The van der Waals surface area contributed by atoms with E-state index in [-0.39, 0.29) is 11.8 Å². The Labute approximate surface area is 135 Å². The molecular weight excluding hydrogens is 357 g/mol. The molecule has 0 radical (unpaired) electrons. The zero-order valence-electron chi connectivity index (χ0n) is 11.9. The largest absolute Gasteiger partial charge is 0.465 e. The van der Waals surface area contributed by atoms with Gasteiger partial charge in [-0.3, -0.25) is 4.79 Å². The van der Waals surface area contributed by atoms with Crippen LogP contribution in [0.5, 0.6) is 0 Å². The zero-order valence-corrected chi connectivity index (χ0v) is 14.3.